The maximum Gasteiger partial charge on any atom is 0.411 e. The summed E-state index contributed by atoms with van der Waals surface area (Å²) in [5.74, 6) is -1.15. The minimum Gasteiger partial charge on any atom is -0.463 e. The van der Waals surface area contributed by atoms with Crippen LogP contribution in [-0.2, 0) is 9.53 Å². The molecule has 29 heavy (non-hydrogen) atoms. The second kappa shape index (κ2) is 8.31. The summed E-state index contributed by atoms with van der Waals surface area (Å²) in [6.45, 7) is -0.429. The second-order valence-electron chi connectivity index (χ2n) is 6.06. The van der Waals surface area contributed by atoms with Gasteiger partial charge in [-0.2, -0.15) is 13.2 Å². The number of nitrogens with zero attached hydrogens (tertiary/aromatic N) is 1. The Morgan fingerprint density at radius 3 is 2.62 bits per heavy atom. The van der Waals surface area contributed by atoms with E-state index in [1.54, 1.807) is 36.4 Å². The van der Waals surface area contributed by atoms with Crippen LogP contribution in [0.4, 0.5) is 13.2 Å². The number of hydrogen-bond donors (Lipinski definition) is 2. The number of hydrogen-bond acceptors (Lipinski definition) is 5. The molecule has 0 saturated heterocycles. The molecule has 3 rings (SSSR count). The smallest absolute Gasteiger partial charge is 0.411 e. The van der Waals surface area contributed by atoms with Crippen LogP contribution in [0.25, 0.3) is 22.4 Å². The number of halogens is 3. The van der Waals surface area contributed by atoms with Gasteiger partial charge in [0, 0.05) is 5.39 Å². The molecule has 0 fully saturated rings. The molecule has 1 aromatic carbocycles. The van der Waals surface area contributed by atoms with Crippen molar-refractivity contribution in [2.75, 3.05) is 6.61 Å². The van der Waals surface area contributed by atoms with Crippen LogP contribution in [0.2, 0.25) is 0 Å². The molecule has 2 amide bonds. The Kier molecular flexibility index (Phi) is 5.83. The monoisotopic (exact) mass is 407 g/mol. The summed E-state index contributed by atoms with van der Waals surface area (Å²) in [4.78, 5) is 28.9. The molecule has 7 nitrogen and oxygen atoms in total. The van der Waals surface area contributed by atoms with Crippen molar-refractivity contribution in [2.24, 2.45) is 0 Å². The molecule has 152 valence electrons. The zero-order valence-electron chi connectivity index (χ0n) is 15.1. The van der Waals surface area contributed by atoms with E-state index in [1.165, 1.54) is 12.3 Å². The maximum absolute atomic E-state index is 12.6. The normalized spacial score (nSPS) is 12.6. The van der Waals surface area contributed by atoms with Gasteiger partial charge in [-0.1, -0.05) is 18.2 Å². The van der Waals surface area contributed by atoms with Crippen LogP contribution in [0.1, 0.15) is 17.3 Å². The Labute approximate surface area is 162 Å². The van der Waals surface area contributed by atoms with Crippen molar-refractivity contribution in [1.82, 2.24) is 15.8 Å². The summed E-state index contributed by atoms with van der Waals surface area (Å²) in [5.41, 5.74) is 5.38. The number of fused-ring (bicyclic) bond motifs is 1. The number of pyridine rings is 1. The summed E-state index contributed by atoms with van der Waals surface area (Å²) in [6.07, 6.45) is -4.50. The van der Waals surface area contributed by atoms with Crippen LogP contribution in [0.5, 0.6) is 0 Å². The SMILES string of the molecule is CC(OCC(F)(F)F)C(=O)NNC(=O)c1cc(-c2ccco2)nc2ccccc12. The van der Waals surface area contributed by atoms with E-state index in [2.05, 4.69) is 20.6 Å². The predicted octanol–water partition coefficient (Wildman–Crippen LogP) is 3.22. The highest BCUT2D eigenvalue weighted by Gasteiger charge is 2.30. The zero-order chi connectivity index (χ0) is 21.0. The van der Waals surface area contributed by atoms with Gasteiger partial charge in [0.15, 0.2) is 5.76 Å². The number of carbonyl (C=O) groups excluding carboxylic acids is 2. The topological polar surface area (TPSA) is 93.5 Å². The Balaban J connectivity index is 1.76. The lowest BCUT2D eigenvalue weighted by atomic mass is 10.1. The first kappa shape index (κ1) is 20.3. The van der Waals surface area contributed by atoms with Crippen LogP contribution in [0.3, 0.4) is 0 Å². The highest BCUT2D eigenvalue weighted by molar-refractivity contribution is 6.07. The van der Waals surface area contributed by atoms with Crippen molar-refractivity contribution >= 4 is 22.7 Å². The molecular formula is C19H16F3N3O4. The number of ether oxygens (including phenoxy) is 1. The van der Waals surface area contributed by atoms with E-state index < -0.39 is 30.7 Å². The van der Waals surface area contributed by atoms with E-state index in [-0.39, 0.29) is 5.56 Å². The number of rotatable bonds is 5. The van der Waals surface area contributed by atoms with Crippen molar-refractivity contribution in [3.05, 3.63) is 54.3 Å². The molecule has 2 N–H and O–H groups in total. The van der Waals surface area contributed by atoms with Crippen molar-refractivity contribution < 1.29 is 31.9 Å². The quantitative estimate of drug-likeness (QED) is 0.634. The third kappa shape index (κ3) is 5.11. The fourth-order valence-electron chi connectivity index (χ4n) is 2.50. The summed E-state index contributed by atoms with van der Waals surface area (Å²) >= 11 is 0. The molecule has 3 aromatic rings. The largest absolute Gasteiger partial charge is 0.463 e. The van der Waals surface area contributed by atoms with E-state index in [4.69, 9.17) is 4.42 Å². The number of aromatic nitrogens is 1. The molecule has 1 unspecified atom stereocenters. The van der Waals surface area contributed by atoms with E-state index >= 15 is 0 Å². The number of nitrogens with one attached hydrogen (secondary N) is 2. The summed E-state index contributed by atoms with van der Waals surface area (Å²) in [5, 5.41) is 0.524. The third-order valence-electron chi connectivity index (χ3n) is 3.90. The summed E-state index contributed by atoms with van der Waals surface area (Å²) < 4.78 is 46.3. The van der Waals surface area contributed by atoms with Crippen molar-refractivity contribution in [3.8, 4) is 11.5 Å². The van der Waals surface area contributed by atoms with Gasteiger partial charge in [-0.05, 0) is 31.2 Å². The Hall–Kier alpha value is -3.40. The van der Waals surface area contributed by atoms with Crippen LogP contribution in [-0.4, -0.2) is 35.7 Å². The Morgan fingerprint density at radius 1 is 1.17 bits per heavy atom. The Morgan fingerprint density at radius 2 is 1.93 bits per heavy atom. The number of alkyl halides is 3. The second-order valence-corrected chi connectivity index (χ2v) is 6.06. The number of amides is 2. The van der Waals surface area contributed by atoms with E-state index in [0.29, 0.717) is 22.4 Å². The molecule has 10 heteroatoms. The maximum atomic E-state index is 12.6. The van der Waals surface area contributed by atoms with Crippen LogP contribution in [0, 0.1) is 0 Å². The predicted molar refractivity (Wildman–Crippen MR) is 96.5 cm³/mol. The summed E-state index contributed by atoms with van der Waals surface area (Å²) in [7, 11) is 0. The highest BCUT2D eigenvalue weighted by atomic mass is 19.4. The average molecular weight is 407 g/mol. The van der Waals surface area contributed by atoms with Gasteiger partial charge in [-0.15, -0.1) is 0 Å². The molecule has 2 aromatic heterocycles. The standard InChI is InChI=1S/C19H16F3N3O4/c1-11(29-10-19(20,21)22)17(26)24-25-18(27)13-9-15(16-7-4-8-28-16)23-14-6-3-2-5-12(13)14/h2-9,11H,10H2,1H3,(H,24,26)(H,25,27). The third-order valence-corrected chi connectivity index (χ3v) is 3.90. The van der Waals surface area contributed by atoms with Crippen molar-refractivity contribution in [1.29, 1.82) is 0 Å². The van der Waals surface area contributed by atoms with E-state index in [1.807, 2.05) is 0 Å². The van der Waals surface area contributed by atoms with Gasteiger partial charge in [-0.3, -0.25) is 20.4 Å². The highest BCUT2D eigenvalue weighted by Crippen LogP contribution is 2.25. The average Bonchev–Trinajstić information content (AvgIpc) is 3.23. The number of carbonyl (C=O) groups is 2. The Bertz CT molecular complexity index is 1020. The minimum atomic E-state index is -4.56. The van der Waals surface area contributed by atoms with Gasteiger partial charge in [0.1, 0.15) is 18.4 Å². The first-order chi connectivity index (χ1) is 13.7. The van der Waals surface area contributed by atoms with Crippen molar-refractivity contribution in [2.45, 2.75) is 19.2 Å². The molecule has 2 heterocycles. The van der Waals surface area contributed by atoms with Crippen LogP contribution in [0.15, 0.2) is 53.1 Å². The molecule has 0 spiro atoms. The van der Waals surface area contributed by atoms with E-state index in [0.717, 1.165) is 6.92 Å². The number of benzene rings is 1. The lowest BCUT2D eigenvalue weighted by molar-refractivity contribution is -0.185. The molecule has 0 radical (unpaired) electrons. The lowest BCUT2D eigenvalue weighted by Crippen LogP contribution is -2.46. The molecule has 0 saturated carbocycles. The van der Waals surface area contributed by atoms with Gasteiger partial charge >= 0.3 is 6.18 Å². The first-order valence-corrected chi connectivity index (χ1v) is 8.47. The minimum absolute atomic E-state index is 0.200. The van der Waals surface area contributed by atoms with Gasteiger partial charge in [-0.25, -0.2) is 4.98 Å². The zero-order valence-corrected chi connectivity index (χ0v) is 15.1. The molecule has 0 aliphatic rings. The van der Waals surface area contributed by atoms with Crippen molar-refractivity contribution in [3.63, 3.8) is 0 Å². The van der Waals surface area contributed by atoms with Gasteiger partial charge in [0.25, 0.3) is 11.8 Å². The van der Waals surface area contributed by atoms with Gasteiger partial charge in [0.05, 0.1) is 17.3 Å². The van der Waals surface area contributed by atoms with Gasteiger partial charge < -0.3 is 9.15 Å². The van der Waals surface area contributed by atoms with Crippen LogP contribution >= 0.6 is 0 Å². The fraction of sp³-hybridized carbons (Fsp3) is 0.211. The first-order valence-electron chi connectivity index (χ1n) is 8.47. The number of hydrazine groups is 1. The van der Waals surface area contributed by atoms with Gasteiger partial charge in [0.2, 0.25) is 0 Å². The number of furan rings is 1. The molecular weight excluding hydrogens is 391 g/mol. The number of para-hydroxylation sites is 1. The summed E-state index contributed by atoms with van der Waals surface area (Å²) in [6, 6.07) is 11.7. The molecule has 1 atom stereocenters. The molecule has 0 aliphatic heterocycles. The molecule has 0 aliphatic carbocycles. The van der Waals surface area contributed by atoms with E-state index in [9.17, 15) is 22.8 Å². The van der Waals surface area contributed by atoms with Crippen LogP contribution < -0.4 is 10.9 Å². The molecule has 0 bridgehead atoms. The lowest BCUT2D eigenvalue weighted by Gasteiger charge is -2.15. The fourth-order valence-corrected chi connectivity index (χ4v) is 2.50.